The van der Waals surface area contributed by atoms with Gasteiger partial charge in [-0.2, -0.15) is 0 Å². The topological polar surface area (TPSA) is 74.2 Å². The first-order valence-electron chi connectivity index (χ1n) is 5.88. The smallest absolute Gasteiger partial charge is 0.221 e. The Morgan fingerprint density at radius 2 is 2.29 bits per heavy atom. The van der Waals surface area contributed by atoms with Crippen LogP contribution in [0.1, 0.15) is 25.0 Å². The number of hydrogen-bond acceptors (Lipinski definition) is 4. The van der Waals surface area contributed by atoms with Crippen molar-refractivity contribution in [2.45, 2.75) is 31.8 Å². The molecule has 1 fully saturated rings. The highest BCUT2D eigenvalue weighted by Gasteiger charge is 2.22. The first-order chi connectivity index (χ1) is 8.24. The van der Waals surface area contributed by atoms with Crippen LogP contribution in [-0.2, 0) is 11.3 Å². The molecule has 0 spiro atoms. The maximum atomic E-state index is 11.3. The molecule has 1 aliphatic carbocycles. The molecule has 5 nitrogen and oxygen atoms in total. The number of rotatable bonds is 6. The van der Waals surface area contributed by atoms with E-state index in [-0.39, 0.29) is 11.7 Å². The lowest BCUT2D eigenvalue weighted by atomic mass is 10.3. The van der Waals surface area contributed by atoms with Crippen molar-refractivity contribution in [1.29, 1.82) is 0 Å². The number of carbonyl (C=O) groups excluding carboxylic acids is 1. The molecule has 1 saturated carbocycles. The zero-order chi connectivity index (χ0) is 12.1. The molecule has 0 aliphatic heterocycles. The molecule has 1 amide bonds. The molecule has 0 radical (unpaired) electrons. The van der Waals surface area contributed by atoms with Gasteiger partial charge in [0.05, 0.1) is 11.9 Å². The molecule has 0 aromatic carbocycles. The minimum atomic E-state index is 0.110. The van der Waals surface area contributed by atoms with Gasteiger partial charge in [-0.3, -0.25) is 9.78 Å². The first kappa shape index (κ1) is 11.9. The van der Waals surface area contributed by atoms with Crippen LogP contribution in [0.3, 0.4) is 0 Å². The summed E-state index contributed by atoms with van der Waals surface area (Å²) in [4.78, 5) is 15.4. The molecular weight excluding hydrogens is 218 g/mol. The van der Waals surface area contributed by atoms with Gasteiger partial charge in [-0.1, -0.05) is 0 Å². The summed E-state index contributed by atoms with van der Waals surface area (Å²) in [7, 11) is 0. The summed E-state index contributed by atoms with van der Waals surface area (Å²) >= 11 is 0. The quantitative estimate of drug-likeness (QED) is 0.629. The van der Waals surface area contributed by atoms with Crippen LogP contribution in [0.15, 0.2) is 18.3 Å². The second kappa shape index (κ2) is 5.63. The molecule has 0 saturated heterocycles. The van der Waals surface area contributed by atoms with Crippen molar-refractivity contribution in [1.82, 2.24) is 15.6 Å². The average Bonchev–Trinajstić information content (AvgIpc) is 3.11. The predicted molar refractivity (Wildman–Crippen MR) is 63.4 cm³/mol. The highest BCUT2D eigenvalue weighted by molar-refractivity contribution is 5.76. The van der Waals surface area contributed by atoms with E-state index in [1.807, 2.05) is 0 Å². The standard InChI is InChI=1S/C12H17N3O2/c16-11-4-3-10(14-8-11)7-13-6-5-12(17)15-9-1-2-9/h3-4,8-9,13,16H,1-2,5-7H2,(H,15,17). The zero-order valence-electron chi connectivity index (χ0n) is 9.65. The number of carbonyl (C=O) groups is 1. The van der Waals surface area contributed by atoms with E-state index in [2.05, 4.69) is 15.6 Å². The summed E-state index contributed by atoms with van der Waals surface area (Å²) in [6, 6.07) is 3.79. The molecule has 2 rings (SSSR count). The van der Waals surface area contributed by atoms with Crippen LogP contribution >= 0.6 is 0 Å². The highest BCUT2D eigenvalue weighted by atomic mass is 16.3. The van der Waals surface area contributed by atoms with Gasteiger partial charge in [-0.05, 0) is 25.0 Å². The lowest BCUT2D eigenvalue weighted by molar-refractivity contribution is -0.121. The number of aromatic hydroxyl groups is 1. The minimum Gasteiger partial charge on any atom is -0.506 e. The van der Waals surface area contributed by atoms with Crippen molar-refractivity contribution >= 4 is 5.91 Å². The van der Waals surface area contributed by atoms with E-state index in [0.717, 1.165) is 18.5 Å². The summed E-state index contributed by atoms with van der Waals surface area (Å²) in [5.41, 5.74) is 0.852. The van der Waals surface area contributed by atoms with Crippen molar-refractivity contribution in [2.24, 2.45) is 0 Å². The average molecular weight is 235 g/mol. The summed E-state index contributed by atoms with van der Waals surface area (Å²) in [5.74, 6) is 0.274. The molecule has 1 aromatic heterocycles. The third kappa shape index (κ3) is 4.40. The fourth-order valence-electron chi connectivity index (χ4n) is 1.47. The maximum Gasteiger partial charge on any atom is 0.221 e. The van der Waals surface area contributed by atoms with Gasteiger partial charge in [0, 0.05) is 25.6 Å². The Morgan fingerprint density at radius 3 is 2.94 bits per heavy atom. The van der Waals surface area contributed by atoms with Gasteiger partial charge in [0.15, 0.2) is 0 Å². The van der Waals surface area contributed by atoms with Crippen LogP contribution in [0.2, 0.25) is 0 Å². The maximum absolute atomic E-state index is 11.3. The predicted octanol–water partition coefficient (Wildman–Crippen LogP) is 0.545. The summed E-state index contributed by atoms with van der Waals surface area (Å²) < 4.78 is 0. The number of amides is 1. The lowest BCUT2D eigenvalue weighted by Gasteiger charge is -2.05. The fourth-order valence-corrected chi connectivity index (χ4v) is 1.47. The van der Waals surface area contributed by atoms with Gasteiger partial charge in [-0.15, -0.1) is 0 Å². The van der Waals surface area contributed by atoms with Crippen molar-refractivity contribution in [3.63, 3.8) is 0 Å². The molecule has 1 aliphatic rings. The van der Waals surface area contributed by atoms with Gasteiger partial charge in [0.1, 0.15) is 5.75 Å². The SMILES string of the molecule is O=C(CCNCc1ccc(O)cn1)NC1CC1. The Kier molecular flexibility index (Phi) is 3.93. The van der Waals surface area contributed by atoms with Gasteiger partial charge >= 0.3 is 0 Å². The second-order valence-corrected chi connectivity index (χ2v) is 4.28. The van der Waals surface area contributed by atoms with Crippen LogP contribution in [0.25, 0.3) is 0 Å². The lowest BCUT2D eigenvalue weighted by Crippen LogP contribution is -2.29. The van der Waals surface area contributed by atoms with Crippen molar-refractivity contribution in [2.75, 3.05) is 6.54 Å². The van der Waals surface area contributed by atoms with E-state index in [0.29, 0.717) is 25.6 Å². The van der Waals surface area contributed by atoms with Crippen LogP contribution in [0, 0.1) is 0 Å². The van der Waals surface area contributed by atoms with Crippen LogP contribution in [0.4, 0.5) is 0 Å². The van der Waals surface area contributed by atoms with Crippen LogP contribution < -0.4 is 10.6 Å². The Morgan fingerprint density at radius 1 is 1.47 bits per heavy atom. The van der Waals surface area contributed by atoms with Gasteiger partial charge in [0.25, 0.3) is 0 Å². The van der Waals surface area contributed by atoms with E-state index in [9.17, 15) is 4.79 Å². The van der Waals surface area contributed by atoms with Gasteiger partial charge in [-0.25, -0.2) is 0 Å². The first-order valence-corrected chi connectivity index (χ1v) is 5.88. The van der Waals surface area contributed by atoms with Crippen LogP contribution in [0.5, 0.6) is 5.75 Å². The Balaban J connectivity index is 1.59. The Bertz CT molecular complexity index is 374. The molecule has 1 heterocycles. The summed E-state index contributed by atoms with van der Waals surface area (Å²) in [6.07, 6.45) is 4.15. The molecular formula is C12H17N3O2. The second-order valence-electron chi connectivity index (χ2n) is 4.28. The Labute approximate surface area is 100 Å². The van der Waals surface area contributed by atoms with E-state index in [1.54, 1.807) is 12.1 Å². The fraction of sp³-hybridized carbons (Fsp3) is 0.500. The summed E-state index contributed by atoms with van der Waals surface area (Å²) in [5, 5.41) is 15.1. The van der Waals surface area contributed by atoms with E-state index in [4.69, 9.17) is 5.11 Å². The third-order valence-corrected chi connectivity index (χ3v) is 2.59. The zero-order valence-corrected chi connectivity index (χ0v) is 9.65. The van der Waals surface area contributed by atoms with Gasteiger partial charge in [0.2, 0.25) is 5.91 Å². The Hall–Kier alpha value is -1.62. The molecule has 0 bridgehead atoms. The molecule has 92 valence electrons. The van der Waals surface area contributed by atoms with Crippen LogP contribution in [-0.4, -0.2) is 28.6 Å². The third-order valence-electron chi connectivity index (χ3n) is 2.59. The minimum absolute atomic E-state index is 0.110. The number of hydrogen-bond donors (Lipinski definition) is 3. The largest absolute Gasteiger partial charge is 0.506 e. The van der Waals surface area contributed by atoms with Crippen molar-refractivity contribution in [3.05, 3.63) is 24.0 Å². The van der Waals surface area contributed by atoms with Crippen molar-refractivity contribution in [3.8, 4) is 5.75 Å². The molecule has 1 aromatic rings. The number of aromatic nitrogens is 1. The van der Waals surface area contributed by atoms with Gasteiger partial charge < -0.3 is 15.7 Å². The molecule has 5 heteroatoms. The molecule has 17 heavy (non-hydrogen) atoms. The molecule has 0 atom stereocenters. The summed E-state index contributed by atoms with van der Waals surface area (Å²) in [6.45, 7) is 1.25. The normalized spacial score (nSPS) is 14.6. The monoisotopic (exact) mass is 235 g/mol. The van der Waals surface area contributed by atoms with Crippen molar-refractivity contribution < 1.29 is 9.90 Å². The van der Waals surface area contributed by atoms with E-state index in [1.165, 1.54) is 6.20 Å². The van der Waals surface area contributed by atoms with E-state index < -0.39 is 0 Å². The molecule has 3 N–H and O–H groups in total. The highest BCUT2D eigenvalue weighted by Crippen LogP contribution is 2.18. The number of nitrogens with one attached hydrogen (secondary N) is 2. The van der Waals surface area contributed by atoms with E-state index >= 15 is 0 Å². The number of pyridine rings is 1. The molecule has 0 unspecified atom stereocenters. The number of nitrogens with zero attached hydrogens (tertiary/aromatic N) is 1.